The van der Waals surface area contributed by atoms with Crippen molar-refractivity contribution in [3.8, 4) is 0 Å². The van der Waals surface area contributed by atoms with Crippen molar-refractivity contribution in [3.63, 3.8) is 0 Å². The van der Waals surface area contributed by atoms with E-state index in [9.17, 15) is 9.59 Å². The van der Waals surface area contributed by atoms with E-state index in [0.29, 0.717) is 6.54 Å². The fourth-order valence-electron chi connectivity index (χ4n) is 1.34. The van der Waals surface area contributed by atoms with Crippen LogP contribution in [0.3, 0.4) is 0 Å². The number of thiophene rings is 1. The molecule has 1 amide bonds. The Morgan fingerprint density at radius 1 is 1.44 bits per heavy atom. The number of hydrogen-bond donors (Lipinski definition) is 1. The van der Waals surface area contributed by atoms with Crippen molar-refractivity contribution in [2.24, 2.45) is 0 Å². The average Bonchev–Trinajstić information content (AvgIpc) is 2.98. The van der Waals surface area contributed by atoms with E-state index in [2.05, 4.69) is 4.98 Å². The van der Waals surface area contributed by atoms with Crippen LogP contribution < -0.4 is 0 Å². The second kappa shape index (κ2) is 5.28. The molecule has 2 heterocycles. The van der Waals surface area contributed by atoms with E-state index in [0.717, 1.165) is 16.2 Å². The molecule has 0 aliphatic carbocycles. The zero-order chi connectivity index (χ0) is 13.1. The van der Waals surface area contributed by atoms with Crippen LogP contribution >= 0.6 is 22.7 Å². The molecule has 0 aliphatic rings. The minimum absolute atomic E-state index is 0.0899. The number of thiazole rings is 1. The molecule has 0 atom stereocenters. The Bertz CT molecular complexity index is 563. The van der Waals surface area contributed by atoms with E-state index >= 15 is 0 Å². The maximum absolute atomic E-state index is 12.0. The number of carboxylic acid groups (broad SMARTS) is 1. The first kappa shape index (κ1) is 12.7. The predicted molar refractivity (Wildman–Crippen MR) is 69.2 cm³/mol. The fraction of sp³-hybridized carbons (Fsp3) is 0.182. The topological polar surface area (TPSA) is 70.5 Å². The lowest BCUT2D eigenvalue weighted by atomic mass is 10.4. The van der Waals surface area contributed by atoms with Crippen LogP contribution in [0.1, 0.15) is 25.2 Å². The van der Waals surface area contributed by atoms with Gasteiger partial charge in [-0.2, -0.15) is 0 Å². The molecule has 0 aliphatic heterocycles. The monoisotopic (exact) mass is 282 g/mol. The summed E-state index contributed by atoms with van der Waals surface area (Å²) in [6.45, 7) is 0.498. The predicted octanol–water partition coefficient (Wildman–Crippen LogP) is 2.17. The minimum atomic E-state index is -1.12. The molecule has 2 aromatic rings. The lowest BCUT2D eigenvalue weighted by Crippen LogP contribution is -2.25. The summed E-state index contributed by atoms with van der Waals surface area (Å²) in [5, 5.41) is 12.3. The van der Waals surface area contributed by atoms with Gasteiger partial charge in [0.25, 0.3) is 5.91 Å². The smallest absolute Gasteiger partial charge is 0.355 e. The van der Waals surface area contributed by atoms with E-state index in [4.69, 9.17) is 5.11 Å². The van der Waals surface area contributed by atoms with Gasteiger partial charge in [0, 0.05) is 17.3 Å². The van der Waals surface area contributed by atoms with E-state index in [1.807, 2.05) is 17.5 Å². The van der Waals surface area contributed by atoms with Gasteiger partial charge in [-0.15, -0.1) is 22.7 Å². The van der Waals surface area contributed by atoms with E-state index < -0.39 is 5.97 Å². The molecular formula is C11H10N2O3S2. The Balaban J connectivity index is 2.08. The zero-order valence-electron chi connectivity index (χ0n) is 9.49. The van der Waals surface area contributed by atoms with E-state index in [1.165, 1.54) is 10.3 Å². The second-order valence-corrected chi connectivity index (χ2v) is 5.47. The van der Waals surface area contributed by atoms with Crippen LogP contribution in [0.15, 0.2) is 22.9 Å². The molecule has 2 aromatic heterocycles. The van der Waals surface area contributed by atoms with Gasteiger partial charge in [-0.25, -0.2) is 9.78 Å². The highest BCUT2D eigenvalue weighted by molar-refractivity contribution is 7.12. The summed E-state index contributed by atoms with van der Waals surface area (Å²) in [6, 6.07) is 3.86. The number of carbonyl (C=O) groups excluding carboxylic acids is 1. The number of carbonyl (C=O) groups is 2. The van der Waals surface area contributed by atoms with Crippen molar-refractivity contribution >= 4 is 34.6 Å². The van der Waals surface area contributed by atoms with Gasteiger partial charge >= 0.3 is 5.97 Å². The van der Waals surface area contributed by atoms with Crippen molar-refractivity contribution in [2.45, 2.75) is 6.54 Å². The van der Waals surface area contributed by atoms with Gasteiger partial charge in [-0.1, -0.05) is 6.07 Å². The standard InChI is InChI=1S/C11H10N2O3S2/c1-13(5-7-3-2-4-17-7)10(14)9-12-8(6-18-9)11(15)16/h2-4,6H,5H2,1H3,(H,15,16). The number of hydrogen-bond acceptors (Lipinski definition) is 5. The lowest BCUT2D eigenvalue weighted by molar-refractivity contribution is 0.0691. The van der Waals surface area contributed by atoms with E-state index in [1.54, 1.807) is 18.4 Å². The van der Waals surface area contributed by atoms with Gasteiger partial charge < -0.3 is 10.0 Å². The number of aromatic carboxylic acids is 1. The van der Waals surface area contributed by atoms with Crippen LogP contribution in [-0.4, -0.2) is 33.9 Å². The maximum atomic E-state index is 12.0. The van der Waals surface area contributed by atoms with E-state index in [-0.39, 0.29) is 16.6 Å². The van der Waals surface area contributed by atoms with Crippen LogP contribution in [0, 0.1) is 0 Å². The molecule has 0 spiro atoms. The average molecular weight is 282 g/mol. The highest BCUT2D eigenvalue weighted by Crippen LogP contribution is 2.15. The first-order valence-electron chi connectivity index (χ1n) is 5.04. The molecule has 5 nitrogen and oxygen atoms in total. The number of amides is 1. The summed E-state index contributed by atoms with van der Waals surface area (Å²) in [5.41, 5.74) is -0.0899. The summed E-state index contributed by atoms with van der Waals surface area (Å²) in [7, 11) is 1.67. The normalized spacial score (nSPS) is 10.3. The Labute approximate surface area is 111 Å². The third-order valence-corrected chi connectivity index (χ3v) is 3.92. The summed E-state index contributed by atoms with van der Waals surface area (Å²) >= 11 is 2.62. The highest BCUT2D eigenvalue weighted by atomic mass is 32.1. The summed E-state index contributed by atoms with van der Waals surface area (Å²) in [6.07, 6.45) is 0. The van der Waals surface area contributed by atoms with Crippen LogP contribution in [0.4, 0.5) is 0 Å². The van der Waals surface area contributed by atoms with Gasteiger partial charge in [-0.05, 0) is 11.4 Å². The molecule has 18 heavy (non-hydrogen) atoms. The minimum Gasteiger partial charge on any atom is -0.476 e. The van der Waals surface area contributed by atoms with Crippen LogP contribution in [0.5, 0.6) is 0 Å². The molecule has 0 saturated carbocycles. The van der Waals surface area contributed by atoms with Gasteiger partial charge in [0.1, 0.15) is 0 Å². The van der Waals surface area contributed by atoms with Crippen molar-refractivity contribution in [2.75, 3.05) is 7.05 Å². The van der Waals surface area contributed by atoms with Crippen LogP contribution in [0.2, 0.25) is 0 Å². The van der Waals surface area contributed by atoms with Gasteiger partial charge in [-0.3, -0.25) is 4.79 Å². The molecule has 0 fully saturated rings. The molecule has 0 unspecified atom stereocenters. The van der Waals surface area contributed by atoms with Gasteiger partial charge in [0.15, 0.2) is 10.7 Å². The largest absolute Gasteiger partial charge is 0.476 e. The Kier molecular flexibility index (Phi) is 3.73. The molecule has 0 aromatic carbocycles. The molecule has 2 rings (SSSR count). The maximum Gasteiger partial charge on any atom is 0.355 e. The molecule has 7 heteroatoms. The summed E-state index contributed by atoms with van der Waals surface area (Å²) < 4.78 is 0. The summed E-state index contributed by atoms with van der Waals surface area (Å²) in [5.74, 6) is -1.38. The third kappa shape index (κ3) is 2.74. The lowest BCUT2D eigenvalue weighted by Gasteiger charge is -2.14. The van der Waals surface area contributed by atoms with Crippen LogP contribution in [-0.2, 0) is 6.54 Å². The third-order valence-electron chi connectivity index (χ3n) is 2.23. The Hall–Kier alpha value is -1.73. The first-order chi connectivity index (χ1) is 8.58. The number of nitrogens with zero attached hydrogens (tertiary/aromatic N) is 2. The number of carboxylic acids is 1. The highest BCUT2D eigenvalue weighted by Gasteiger charge is 2.18. The van der Waals surface area contributed by atoms with Crippen molar-refractivity contribution in [1.29, 1.82) is 0 Å². The van der Waals surface area contributed by atoms with Crippen molar-refractivity contribution < 1.29 is 14.7 Å². The van der Waals surface area contributed by atoms with Crippen LogP contribution in [0.25, 0.3) is 0 Å². The summed E-state index contributed by atoms with van der Waals surface area (Å²) in [4.78, 5) is 29.1. The molecule has 0 saturated heterocycles. The Morgan fingerprint density at radius 2 is 2.22 bits per heavy atom. The second-order valence-electron chi connectivity index (χ2n) is 3.58. The van der Waals surface area contributed by atoms with Gasteiger partial charge in [0.2, 0.25) is 0 Å². The van der Waals surface area contributed by atoms with Crippen molar-refractivity contribution in [3.05, 3.63) is 38.5 Å². The van der Waals surface area contributed by atoms with Crippen molar-refractivity contribution in [1.82, 2.24) is 9.88 Å². The molecule has 0 radical (unpaired) electrons. The quantitative estimate of drug-likeness (QED) is 0.933. The van der Waals surface area contributed by atoms with Gasteiger partial charge in [0.05, 0.1) is 6.54 Å². The number of rotatable bonds is 4. The molecular weight excluding hydrogens is 272 g/mol. The fourth-order valence-corrected chi connectivity index (χ4v) is 2.88. The SMILES string of the molecule is CN(Cc1cccs1)C(=O)c1nc(C(=O)O)cs1. The number of aromatic nitrogens is 1. The Morgan fingerprint density at radius 3 is 2.78 bits per heavy atom. The zero-order valence-corrected chi connectivity index (χ0v) is 11.1. The molecule has 1 N–H and O–H groups in total. The first-order valence-corrected chi connectivity index (χ1v) is 6.80. The molecule has 0 bridgehead atoms. The molecule has 94 valence electrons.